The summed E-state index contributed by atoms with van der Waals surface area (Å²) in [4.78, 5) is 50.5. The average Bonchev–Trinajstić information content (AvgIpc) is 3.35. The molecule has 3 aliphatic rings. The first-order valence-corrected chi connectivity index (χ1v) is 12.0. The van der Waals surface area contributed by atoms with Crippen molar-refractivity contribution in [1.82, 2.24) is 10.2 Å². The number of amides is 2. The van der Waals surface area contributed by atoms with E-state index < -0.39 is 30.0 Å². The van der Waals surface area contributed by atoms with Gasteiger partial charge in [-0.3, -0.25) is 9.59 Å². The monoisotopic (exact) mass is 505 g/mol. The van der Waals surface area contributed by atoms with Gasteiger partial charge in [0.2, 0.25) is 11.8 Å². The van der Waals surface area contributed by atoms with Gasteiger partial charge in [0.05, 0.1) is 36.8 Å². The number of β-lactam (4-membered cyclic amide) rings is 1. The molecule has 5 N–H and O–H groups in total. The molecule has 0 spiro atoms. The zero-order valence-electron chi connectivity index (χ0n) is 19.3. The molecule has 3 aliphatic heterocycles. The molecule has 1 aromatic carbocycles. The third-order valence-electron chi connectivity index (χ3n) is 6.67. The number of carbonyl (C=O) groups is 4. The van der Waals surface area contributed by atoms with Crippen molar-refractivity contribution in [3.8, 4) is 5.75 Å². The number of aliphatic hydroxyl groups excluding tert-OH is 1. The summed E-state index contributed by atoms with van der Waals surface area (Å²) >= 11 is 1.35. The maximum Gasteiger partial charge on any atom is 0.353 e. The van der Waals surface area contributed by atoms with E-state index in [-0.39, 0.29) is 46.0 Å². The van der Waals surface area contributed by atoms with Gasteiger partial charge in [-0.25, -0.2) is 9.59 Å². The van der Waals surface area contributed by atoms with Crippen LogP contribution in [-0.2, 0) is 14.4 Å². The molecule has 2 fully saturated rings. The molecule has 0 radical (unpaired) electrons. The minimum absolute atomic E-state index is 0.0227. The van der Waals surface area contributed by atoms with E-state index in [4.69, 9.17) is 4.74 Å². The van der Waals surface area contributed by atoms with E-state index >= 15 is 0 Å². The second kappa shape index (κ2) is 9.51. The van der Waals surface area contributed by atoms with Crippen LogP contribution in [0, 0.1) is 11.8 Å². The molecule has 6 unspecified atom stereocenters. The molecule has 188 valence electrons. The Bertz CT molecular complexity index is 1120. The zero-order chi connectivity index (χ0) is 25.6. The fourth-order valence-corrected chi connectivity index (χ4v) is 6.47. The molecule has 2 saturated heterocycles. The van der Waals surface area contributed by atoms with Crippen LogP contribution in [0.15, 0.2) is 28.8 Å². The van der Waals surface area contributed by atoms with Crippen LogP contribution in [0.2, 0.25) is 0 Å². The van der Waals surface area contributed by atoms with Crippen LogP contribution in [0.4, 0.5) is 5.69 Å². The van der Waals surface area contributed by atoms with Gasteiger partial charge in [-0.15, -0.1) is 11.8 Å². The van der Waals surface area contributed by atoms with E-state index in [0.29, 0.717) is 23.6 Å². The molecule has 0 aromatic heterocycles. The fraction of sp³-hybridized carbons (Fsp3) is 0.478. The number of fused-ring (bicyclic) bond motifs is 1. The third-order valence-corrected chi connectivity index (χ3v) is 8.18. The second-order valence-corrected chi connectivity index (χ2v) is 10.3. The highest BCUT2D eigenvalue weighted by atomic mass is 32.2. The number of rotatable bonds is 8. The Morgan fingerprint density at radius 2 is 1.94 bits per heavy atom. The number of nitrogens with one attached hydrogen (secondary N) is 2. The Labute approximate surface area is 205 Å². The minimum Gasteiger partial charge on any atom is -0.497 e. The smallest absolute Gasteiger partial charge is 0.353 e. The highest BCUT2D eigenvalue weighted by Crippen LogP contribution is 2.51. The minimum atomic E-state index is -1.19. The molecule has 1 aromatic rings. The van der Waals surface area contributed by atoms with E-state index in [1.165, 1.54) is 48.9 Å². The lowest BCUT2D eigenvalue weighted by atomic mass is 9.79. The van der Waals surface area contributed by atoms with Crippen LogP contribution in [0.25, 0.3) is 0 Å². The van der Waals surface area contributed by atoms with Crippen LogP contribution >= 0.6 is 11.8 Å². The summed E-state index contributed by atoms with van der Waals surface area (Å²) in [7, 11) is 1.40. The number of hydrogen-bond acceptors (Lipinski definition) is 8. The highest BCUT2D eigenvalue weighted by Gasteiger charge is 2.60. The predicted molar refractivity (Wildman–Crippen MR) is 126 cm³/mol. The van der Waals surface area contributed by atoms with Crippen molar-refractivity contribution in [1.29, 1.82) is 0 Å². The number of aliphatic hydroxyl groups is 1. The summed E-state index contributed by atoms with van der Waals surface area (Å²) in [5.41, 5.74) is 0.224. The molecule has 4 rings (SSSR count). The van der Waals surface area contributed by atoms with Gasteiger partial charge >= 0.3 is 11.9 Å². The van der Waals surface area contributed by atoms with Gasteiger partial charge in [0.1, 0.15) is 11.4 Å². The maximum absolute atomic E-state index is 12.8. The number of carboxylic acids is 2. The van der Waals surface area contributed by atoms with Crippen molar-refractivity contribution < 1.29 is 39.2 Å². The molecule has 0 saturated carbocycles. The Kier molecular flexibility index (Phi) is 6.80. The number of aliphatic carboxylic acids is 1. The van der Waals surface area contributed by atoms with Crippen molar-refractivity contribution >= 4 is 41.2 Å². The number of ether oxygens (including phenoxy) is 1. The number of methoxy groups -OCH3 is 1. The van der Waals surface area contributed by atoms with Gasteiger partial charge in [0.15, 0.2) is 0 Å². The molecule has 11 nitrogen and oxygen atoms in total. The van der Waals surface area contributed by atoms with Crippen LogP contribution < -0.4 is 15.4 Å². The van der Waals surface area contributed by atoms with E-state index in [1.54, 1.807) is 0 Å². The molecule has 0 bridgehead atoms. The first-order valence-electron chi connectivity index (χ1n) is 11.1. The molecule has 3 heterocycles. The lowest BCUT2D eigenvalue weighted by molar-refractivity contribution is -0.163. The first kappa shape index (κ1) is 25.0. The summed E-state index contributed by atoms with van der Waals surface area (Å²) in [6, 6.07) is 3.26. The maximum atomic E-state index is 12.8. The first-order chi connectivity index (χ1) is 16.5. The van der Waals surface area contributed by atoms with Crippen LogP contribution in [-0.4, -0.2) is 81.1 Å². The molecular formula is C23H27N3O8S. The Morgan fingerprint density at radius 3 is 2.54 bits per heavy atom. The lowest BCUT2D eigenvalue weighted by Crippen LogP contribution is -2.63. The largest absolute Gasteiger partial charge is 0.497 e. The number of carboxylic acid groups (broad SMARTS) is 2. The number of carbonyl (C=O) groups excluding carboxylic acids is 2. The zero-order valence-corrected chi connectivity index (χ0v) is 20.2. The van der Waals surface area contributed by atoms with Gasteiger partial charge in [-0.2, -0.15) is 0 Å². The number of aromatic carboxylic acids is 1. The predicted octanol–water partition coefficient (Wildman–Crippen LogP) is 0.949. The molecule has 0 aliphatic carbocycles. The molecular weight excluding hydrogens is 478 g/mol. The molecule has 6 atom stereocenters. The quantitative estimate of drug-likeness (QED) is 0.321. The number of hydrogen-bond donors (Lipinski definition) is 5. The number of nitrogens with zero attached hydrogens (tertiary/aromatic N) is 1. The van der Waals surface area contributed by atoms with Crippen molar-refractivity contribution in [2.45, 2.75) is 43.7 Å². The van der Waals surface area contributed by atoms with Crippen LogP contribution in [0.1, 0.15) is 30.6 Å². The van der Waals surface area contributed by atoms with Gasteiger partial charge < -0.3 is 35.6 Å². The Balaban J connectivity index is 1.44. The number of anilines is 1. The Morgan fingerprint density at radius 1 is 1.23 bits per heavy atom. The standard InChI is InChI=1S/C23H27N3O8S/c1-9-17-16(10(2)27)21(29)26(17)18(23(32)33)19(9)35-14-7-15(24-8-14)20(28)25-12-4-11(22(30)31)5-13(6-12)34-3/h4-6,9-10,14-17,24,27H,7-8H2,1-3H3,(H,25,28)(H,30,31)(H,32,33). The van der Waals surface area contributed by atoms with Gasteiger partial charge in [-0.05, 0) is 25.5 Å². The summed E-state index contributed by atoms with van der Waals surface area (Å²) in [6.07, 6.45) is -0.460. The molecule has 35 heavy (non-hydrogen) atoms. The van der Waals surface area contributed by atoms with Crippen molar-refractivity contribution in [2.24, 2.45) is 11.8 Å². The Hall–Kier alpha value is -3.09. The summed E-state index contributed by atoms with van der Waals surface area (Å²) in [5, 5.41) is 34.8. The lowest BCUT2D eigenvalue weighted by Gasteiger charge is -2.46. The van der Waals surface area contributed by atoms with Crippen molar-refractivity contribution in [3.05, 3.63) is 34.4 Å². The summed E-state index contributed by atoms with van der Waals surface area (Å²) in [6.45, 7) is 3.83. The number of benzene rings is 1. The normalized spacial score (nSPS) is 28.4. The van der Waals surface area contributed by atoms with E-state index in [2.05, 4.69) is 10.6 Å². The topological polar surface area (TPSA) is 165 Å². The summed E-state index contributed by atoms with van der Waals surface area (Å²) < 4.78 is 5.11. The fourth-order valence-electron chi connectivity index (χ4n) is 4.99. The van der Waals surface area contributed by atoms with E-state index in [9.17, 15) is 34.5 Å². The van der Waals surface area contributed by atoms with Gasteiger partial charge in [0, 0.05) is 34.4 Å². The van der Waals surface area contributed by atoms with Gasteiger partial charge in [-0.1, -0.05) is 6.92 Å². The van der Waals surface area contributed by atoms with Crippen LogP contribution in [0.5, 0.6) is 5.75 Å². The van der Waals surface area contributed by atoms with Crippen molar-refractivity contribution in [2.75, 3.05) is 19.0 Å². The molecule has 12 heteroatoms. The van der Waals surface area contributed by atoms with Crippen LogP contribution in [0.3, 0.4) is 0 Å². The number of thioether (sulfide) groups is 1. The SMILES string of the molecule is COc1cc(NC(=O)C2CC(SC3=C(C(=O)O)N4C(=O)C(C(C)O)C4C3C)CN2)cc(C(=O)O)c1. The second-order valence-electron chi connectivity index (χ2n) is 8.95. The van der Waals surface area contributed by atoms with E-state index in [0.717, 1.165) is 0 Å². The summed E-state index contributed by atoms with van der Waals surface area (Å²) in [5.74, 6) is -3.65. The van der Waals surface area contributed by atoms with Gasteiger partial charge in [0.25, 0.3) is 0 Å². The third kappa shape index (κ3) is 4.48. The van der Waals surface area contributed by atoms with E-state index in [1.807, 2.05) is 6.92 Å². The highest BCUT2D eigenvalue weighted by molar-refractivity contribution is 8.03. The molecule has 2 amide bonds. The van der Waals surface area contributed by atoms with Crippen molar-refractivity contribution in [3.63, 3.8) is 0 Å². The average molecular weight is 506 g/mol.